The maximum absolute atomic E-state index is 11.7. The normalized spacial score (nSPS) is 16.6. The van der Waals surface area contributed by atoms with E-state index in [9.17, 15) is 9.59 Å². The molecule has 0 unspecified atom stereocenters. The number of aromatic nitrogens is 1. The lowest BCUT2D eigenvalue weighted by atomic mass is 10.0. The summed E-state index contributed by atoms with van der Waals surface area (Å²) in [6.45, 7) is 10.7. The van der Waals surface area contributed by atoms with Gasteiger partial charge in [0.05, 0.1) is 5.70 Å². The van der Waals surface area contributed by atoms with Crippen molar-refractivity contribution in [3.8, 4) is 0 Å². The summed E-state index contributed by atoms with van der Waals surface area (Å²) in [5.74, 6) is 0.105. The number of nitrogens with zero attached hydrogens (tertiary/aromatic N) is 1. The average Bonchev–Trinajstić information content (AvgIpc) is 2.87. The van der Waals surface area contributed by atoms with Crippen LogP contribution in [0.2, 0.25) is 0 Å². The summed E-state index contributed by atoms with van der Waals surface area (Å²) in [5.41, 5.74) is 6.68. The van der Waals surface area contributed by atoms with Gasteiger partial charge in [0.25, 0.3) is 0 Å². The first-order valence-electron chi connectivity index (χ1n) is 7.60. The molecule has 23 heavy (non-hydrogen) atoms. The predicted octanol–water partition coefficient (Wildman–Crippen LogP) is 4.11. The Kier molecular flexibility index (Phi) is 4.64. The number of rotatable bonds is 4. The highest BCUT2D eigenvalue weighted by atomic mass is 16.1. The molecule has 2 heterocycles. The second kappa shape index (κ2) is 6.32. The minimum atomic E-state index is 0.0399. The molecule has 0 aliphatic carbocycles. The van der Waals surface area contributed by atoms with Crippen LogP contribution in [0.15, 0.2) is 34.0 Å². The zero-order valence-electron chi connectivity index (χ0n) is 14.5. The minimum Gasteiger partial charge on any atom is -0.358 e. The molecule has 4 heteroatoms. The molecule has 0 aromatic carbocycles. The van der Waals surface area contributed by atoms with Gasteiger partial charge in [-0.2, -0.15) is 0 Å². The van der Waals surface area contributed by atoms with Crippen LogP contribution in [0, 0.1) is 13.8 Å². The van der Waals surface area contributed by atoms with E-state index in [1.54, 1.807) is 13.8 Å². The molecular weight excluding hydrogens is 288 g/mol. The van der Waals surface area contributed by atoms with Gasteiger partial charge in [0.1, 0.15) is 0 Å². The smallest absolute Gasteiger partial charge is 0.161 e. The van der Waals surface area contributed by atoms with E-state index in [0.29, 0.717) is 5.57 Å². The number of hydrogen-bond acceptors (Lipinski definition) is 3. The van der Waals surface area contributed by atoms with Crippen molar-refractivity contribution < 1.29 is 9.59 Å². The standard InChI is InChI=1S/C19H22N2O2/c1-10-16(20-12(3)18(10)14(5)22)8-7-9-17-11(2)19(15(6)23)13(4)21-17/h7-9,20H,1-6H3/b8-7+,17-9-. The van der Waals surface area contributed by atoms with Crippen molar-refractivity contribution in [2.75, 3.05) is 0 Å². The quantitative estimate of drug-likeness (QED) is 0.851. The zero-order chi connectivity index (χ0) is 17.3. The van der Waals surface area contributed by atoms with Gasteiger partial charge < -0.3 is 4.98 Å². The van der Waals surface area contributed by atoms with Crippen LogP contribution in [-0.4, -0.2) is 22.3 Å². The maximum Gasteiger partial charge on any atom is 0.161 e. The lowest BCUT2D eigenvalue weighted by Crippen LogP contribution is -2.04. The van der Waals surface area contributed by atoms with Gasteiger partial charge in [0.2, 0.25) is 0 Å². The molecule has 0 amide bonds. The van der Waals surface area contributed by atoms with Crippen LogP contribution in [0.5, 0.6) is 0 Å². The van der Waals surface area contributed by atoms with E-state index >= 15 is 0 Å². The van der Waals surface area contributed by atoms with Crippen LogP contribution in [-0.2, 0) is 4.79 Å². The highest BCUT2D eigenvalue weighted by molar-refractivity contribution is 6.23. The molecule has 0 spiro atoms. The SMILES string of the molecule is CC(=O)C1=C(C)/C(=C/C=C/c2[nH]c(C)c(C(C)=O)c2C)N=C1C. The lowest BCUT2D eigenvalue weighted by molar-refractivity contribution is -0.113. The van der Waals surface area contributed by atoms with Gasteiger partial charge in [-0.15, -0.1) is 0 Å². The fourth-order valence-corrected chi connectivity index (χ4v) is 3.11. The number of carbonyl (C=O) groups excluding carboxylic acids is 2. The monoisotopic (exact) mass is 310 g/mol. The van der Waals surface area contributed by atoms with E-state index in [-0.39, 0.29) is 11.6 Å². The molecule has 0 bridgehead atoms. The lowest BCUT2D eigenvalue weighted by Gasteiger charge is -1.98. The molecule has 1 aromatic heterocycles. The number of hydrogen-bond donors (Lipinski definition) is 1. The second-order valence-corrected chi connectivity index (χ2v) is 5.88. The van der Waals surface area contributed by atoms with Crippen molar-refractivity contribution in [2.45, 2.75) is 41.5 Å². The Morgan fingerprint density at radius 2 is 1.70 bits per heavy atom. The first-order valence-corrected chi connectivity index (χ1v) is 7.60. The molecule has 0 atom stereocenters. The van der Waals surface area contributed by atoms with Crippen molar-refractivity contribution in [2.24, 2.45) is 4.99 Å². The molecular formula is C19H22N2O2. The Morgan fingerprint density at radius 3 is 2.17 bits per heavy atom. The molecule has 1 aliphatic heterocycles. The number of aliphatic imine (C=N–C) groups is 1. The fraction of sp³-hybridized carbons (Fsp3) is 0.316. The molecule has 1 aromatic rings. The molecule has 1 N–H and O–H groups in total. The number of nitrogens with one attached hydrogen (secondary N) is 1. The molecule has 0 saturated carbocycles. The maximum atomic E-state index is 11.7. The van der Waals surface area contributed by atoms with Gasteiger partial charge in [0.15, 0.2) is 11.6 Å². The summed E-state index contributed by atoms with van der Waals surface area (Å²) in [4.78, 5) is 31.0. The Morgan fingerprint density at radius 1 is 1.04 bits per heavy atom. The Balaban J connectivity index is 2.32. The molecule has 2 rings (SSSR count). The summed E-state index contributed by atoms with van der Waals surface area (Å²) in [7, 11) is 0. The number of aromatic amines is 1. The van der Waals surface area contributed by atoms with E-state index in [2.05, 4.69) is 9.98 Å². The molecule has 0 radical (unpaired) electrons. The van der Waals surface area contributed by atoms with Gasteiger partial charge in [-0.05, 0) is 64.8 Å². The molecule has 4 nitrogen and oxygen atoms in total. The number of aryl methyl sites for hydroxylation is 1. The first kappa shape index (κ1) is 16.9. The van der Waals surface area contributed by atoms with Crippen LogP contribution >= 0.6 is 0 Å². The number of ketones is 2. The second-order valence-electron chi connectivity index (χ2n) is 5.88. The van der Waals surface area contributed by atoms with Crippen molar-refractivity contribution >= 4 is 23.4 Å². The minimum absolute atomic E-state index is 0.0399. The van der Waals surface area contributed by atoms with E-state index in [1.807, 2.05) is 45.9 Å². The highest BCUT2D eigenvalue weighted by Crippen LogP contribution is 2.26. The number of allylic oxidation sites excluding steroid dienone is 4. The van der Waals surface area contributed by atoms with E-state index in [0.717, 1.165) is 39.5 Å². The van der Waals surface area contributed by atoms with Crippen molar-refractivity contribution in [1.29, 1.82) is 0 Å². The van der Waals surface area contributed by atoms with Crippen LogP contribution in [0.4, 0.5) is 0 Å². The third-order valence-corrected chi connectivity index (χ3v) is 4.11. The van der Waals surface area contributed by atoms with Gasteiger partial charge in [-0.25, -0.2) is 0 Å². The van der Waals surface area contributed by atoms with E-state index < -0.39 is 0 Å². The topological polar surface area (TPSA) is 62.3 Å². The van der Waals surface area contributed by atoms with Crippen LogP contribution in [0.3, 0.4) is 0 Å². The molecule has 0 fully saturated rings. The Labute approximate surface area is 136 Å². The van der Waals surface area contributed by atoms with Crippen molar-refractivity contribution in [3.63, 3.8) is 0 Å². The van der Waals surface area contributed by atoms with Gasteiger partial charge in [0, 0.05) is 28.2 Å². The van der Waals surface area contributed by atoms with Gasteiger partial charge in [-0.3, -0.25) is 14.6 Å². The van der Waals surface area contributed by atoms with Gasteiger partial charge in [-0.1, -0.05) is 6.08 Å². The average molecular weight is 310 g/mol. The summed E-state index contributed by atoms with van der Waals surface area (Å²) in [6.07, 6.45) is 5.70. The molecule has 120 valence electrons. The van der Waals surface area contributed by atoms with Crippen LogP contribution < -0.4 is 0 Å². The third kappa shape index (κ3) is 3.16. The number of carbonyl (C=O) groups is 2. The zero-order valence-corrected chi connectivity index (χ0v) is 14.5. The Bertz CT molecular complexity index is 815. The van der Waals surface area contributed by atoms with Crippen LogP contribution in [0.1, 0.15) is 55.0 Å². The van der Waals surface area contributed by atoms with Crippen LogP contribution in [0.25, 0.3) is 6.08 Å². The summed E-state index contributed by atoms with van der Waals surface area (Å²) >= 11 is 0. The summed E-state index contributed by atoms with van der Waals surface area (Å²) < 4.78 is 0. The first-order chi connectivity index (χ1) is 10.7. The summed E-state index contributed by atoms with van der Waals surface area (Å²) in [5, 5.41) is 0. The van der Waals surface area contributed by atoms with Gasteiger partial charge >= 0.3 is 0 Å². The van der Waals surface area contributed by atoms with E-state index in [4.69, 9.17) is 0 Å². The predicted molar refractivity (Wildman–Crippen MR) is 93.9 cm³/mol. The largest absolute Gasteiger partial charge is 0.358 e. The molecule has 1 aliphatic rings. The fourth-order valence-electron chi connectivity index (χ4n) is 3.11. The summed E-state index contributed by atoms with van der Waals surface area (Å²) in [6, 6.07) is 0. The number of Topliss-reactive ketones (excluding diaryl/α,β-unsaturated/α-hetero) is 2. The Hall–Kier alpha value is -2.49. The highest BCUT2D eigenvalue weighted by Gasteiger charge is 2.20. The third-order valence-electron chi connectivity index (χ3n) is 4.11. The number of H-pyrrole nitrogens is 1. The van der Waals surface area contributed by atoms with E-state index in [1.165, 1.54) is 0 Å². The molecule has 0 saturated heterocycles. The van der Waals surface area contributed by atoms with Crippen molar-refractivity contribution in [3.05, 3.63) is 51.5 Å². The van der Waals surface area contributed by atoms with Crippen molar-refractivity contribution in [1.82, 2.24) is 4.98 Å².